The van der Waals surface area contributed by atoms with Crippen molar-refractivity contribution >= 4 is 15.9 Å². The molecule has 1 aromatic carbocycles. The number of nitrogens with one attached hydrogen (secondary N) is 2. The summed E-state index contributed by atoms with van der Waals surface area (Å²) in [4.78, 5) is 14.9. The topological polar surface area (TPSA) is 78.5 Å². The molecule has 2 rings (SSSR count). The van der Waals surface area contributed by atoms with Gasteiger partial charge in [0.1, 0.15) is 0 Å². The van der Waals surface area contributed by atoms with Gasteiger partial charge in [0.25, 0.3) is 0 Å². The van der Waals surface area contributed by atoms with Crippen LogP contribution in [0.4, 0.5) is 0 Å². The Kier molecular flexibility index (Phi) is 7.20. The van der Waals surface area contributed by atoms with Crippen LogP contribution in [0, 0.1) is 0 Å². The third kappa shape index (κ3) is 5.79. The average Bonchev–Trinajstić information content (AvgIpc) is 2.66. The van der Waals surface area contributed by atoms with Crippen molar-refractivity contribution in [3.05, 3.63) is 29.8 Å². The van der Waals surface area contributed by atoms with Crippen LogP contribution in [0.2, 0.25) is 0 Å². The predicted molar refractivity (Wildman–Crippen MR) is 104 cm³/mol. The van der Waals surface area contributed by atoms with E-state index in [1.807, 2.05) is 0 Å². The molecule has 1 heterocycles. The van der Waals surface area contributed by atoms with E-state index >= 15 is 0 Å². The number of rotatable bonds is 8. The fraction of sp³-hybridized carbons (Fsp3) is 0.632. The number of carbonyl (C=O) groups excluding carboxylic acids is 1. The zero-order chi connectivity index (χ0) is 19.2. The highest BCUT2D eigenvalue weighted by atomic mass is 32.2. The van der Waals surface area contributed by atoms with Crippen molar-refractivity contribution in [3.8, 4) is 0 Å². The van der Waals surface area contributed by atoms with Crippen LogP contribution in [0.25, 0.3) is 0 Å². The van der Waals surface area contributed by atoms with Gasteiger partial charge >= 0.3 is 0 Å². The minimum atomic E-state index is -3.42. The van der Waals surface area contributed by atoms with Crippen molar-refractivity contribution in [1.29, 1.82) is 0 Å². The van der Waals surface area contributed by atoms with Crippen molar-refractivity contribution in [2.75, 3.05) is 26.7 Å². The Morgan fingerprint density at radius 1 is 1.12 bits per heavy atom. The standard InChI is InChI=1S/C19H31N3O3S/c1-19(2,22-13-5-4-6-14-22)15-21-18(23)12-9-16-7-10-17(11-8-16)26(24,25)20-3/h7-8,10-11,20H,4-6,9,12-15H2,1-3H3,(H,21,23). The molecule has 0 radical (unpaired) electrons. The molecule has 0 unspecified atom stereocenters. The Balaban J connectivity index is 1.79. The van der Waals surface area contributed by atoms with Gasteiger partial charge < -0.3 is 5.32 Å². The summed E-state index contributed by atoms with van der Waals surface area (Å²) in [5.41, 5.74) is 0.921. The van der Waals surface area contributed by atoms with Gasteiger partial charge in [0.15, 0.2) is 0 Å². The van der Waals surface area contributed by atoms with Crippen LogP contribution in [0.3, 0.4) is 0 Å². The van der Waals surface area contributed by atoms with Crippen LogP contribution in [-0.4, -0.2) is 51.4 Å². The van der Waals surface area contributed by atoms with Crippen molar-refractivity contribution in [3.63, 3.8) is 0 Å². The summed E-state index contributed by atoms with van der Waals surface area (Å²) < 4.78 is 25.7. The Morgan fingerprint density at radius 3 is 2.31 bits per heavy atom. The summed E-state index contributed by atoms with van der Waals surface area (Å²) in [6, 6.07) is 6.65. The molecular weight excluding hydrogens is 350 g/mol. The fourth-order valence-electron chi connectivity index (χ4n) is 3.23. The molecule has 1 saturated heterocycles. The lowest BCUT2D eigenvalue weighted by atomic mass is 9.98. The molecule has 0 saturated carbocycles. The molecule has 7 heteroatoms. The van der Waals surface area contributed by atoms with Crippen LogP contribution in [0.15, 0.2) is 29.2 Å². The van der Waals surface area contributed by atoms with Gasteiger partial charge in [-0.2, -0.15) is 0 Å². The van der Waals surface area contributed by atoms with E-state index in [2.05, 4.69) is 28.8 Å². The number of benzene rings is 1. The zero-order valence-electron chi connectivity index (χ0n) is 16.0. The zero-order valence-corrected chi connectivity index (χ0v) is 16.9. The van der Waals surface area contributed by atoms with Crippen LogP contribution < -0.4 is 10.0 Å². The van der Waals surface area contributed by atoms with Gasteiger partial charge in [0.2, 0.25) is 15.9 Å². The smallest absolute Gasteiger partial charge is 0.240 e. The molecule has 146 valence electrons. The van der Waals surface area contributed by atoms with E-state index in [4.69, 9.17) is 0 Å². The molecule has 1 aromatic rings. The predicted octanol–water partition coefficient (Wildman–Crippen LogP) is 1.91. The quantitative estimate of drug-likeness (QED) is 0.721. The second-order valence-electron chi connectivity index (χ2n) is 7.49. The Labute approximate surface area is 157 Å². The highest BCUT2D eigenvalue weighted by Crippen LogP contribution is 2.20. The lowest BCUT2D eigenvalue weighted by molar-refractivity contribution is -0.121. The van der Waals surface area contributed by atoms with Crippen LogP contribution in [0.1, 0.15) is 45.1 Å². The average molecular weight is 382 g/mol. The molecule has 0 aliphatic carbocycles. The molecule has 0 aromatic heterocycles. The van der Waals surface area contributed by atoms with E-state index in [1.165, 1.54) is 26.3 Å². The number of hydrogen-bond acceptors (Lipinski definition) is 4. The van der Waals surface area contributed by atoms with E-state index in [0.717, 1.165) is 18.7 Å². The van der Waals surface area contributed by atoms with Crippen LogP contribution in [0.5, 0.6) is 0 Å². The number of sulfonamides is 1. The van der Waals surface area contributed by atoms with Gasteiger partial charge in [-0.1, -0.05) is 18.6 Å². The number of piperidine rings is 1. The van der Waals surface area contributed by atoms with E-state index in [0.29, 0.717) is 19.4 Å². The first kappa shape index (κ1) is 20.9. The molecule has 1 aliphatic rings. The summed E-state index contributed by atoms with van der Waals surface area (Å²) in [7, 11) is -2.03. The monoisotopic (exact) mass is 381 g/mol. The summed E-state index contributed by atoms with van der Waals surface area (Å²) in [6.45, 7) is 7.21. The SMILES string of the molecule is CNS(=O)(=O)c1ccc(CCC(=O)NCC(C)(C)N2CCCCC2)cc1. The number of amides is 1. The van der Waals surface area contributed by atoms with Crippen LogP contribution >= 0.6 is 0 Å². The third-order valence-electron chi connectivity index (χ3n) is 5.07. The number of likely N-dealkylation sites (tertiary alicyclic amines) is 1. The van der Waals surface area contributed by atoms with Crippen molar-refractivity contribution in [1.82, 2.24) is 14.9 Å². The largest absolute Gasteiger partial charge is 0.354 e. The Morgan fingerprint density at radius 2 is 1.73 bits per heavy atom. The summed E-state index contributed by atoms with van der Waals surface area (Å²) in [6.07, 6.45) is 4.75. The normalized spacial score (nSPS) is 16.4. The Bertz CT molecular complexity index is 693. The van der Waals surface area contributed by atoms with Crippen molar-refractivity contribution in [2.24, 2.45) is 0 Å². The minimum Gasteiger partial charge on any atom is -0.354 e. The van der Waals surface area contributed by atoms with Gasteiger partial charge in [0.05, 0.1) is 4.90 Å². The molecule has 0 bridgehead atoms. The van der Waals surface area contributed by atoms with E-state index in [1.54, 1.807) is 24.3 Å². The number of hydrogen-bond donors (Lipinski definition) is 2. The maximum absolute atomic E-state index is 12.2. The number of aryl methyl sites for hydroxylation is 1. The second kappa shape index (κ2) is 8.97. The number of nitrogens with zero attached hydrogens (tertiary/aromatic N) is 1. The van der Waals surface area contributed by atoms with Crippen molar-refractivity contribution < 1.29 is 13.2 Å². The minimum absolute atomic E-state index is 0.0285. The highest BCUT2D eigenvalue weighted by molar-refractivity contribution is 7.89. The molecule has 1 aliphatic heterocycles. The molecule has 0 atom stereocenters. The summed E-state index contributed by atoms with van der Waals surface area (Å²) in [5, 5.41) is 3.05. The first-order chi connectivity index (χ1) is 12.2. The van der Waals surface area contributed by atoms with Gasteiger partial charge in [-0.15, -0.1) is 0 Å². The molecule has 1 fully saturated rings. The fourth-order valence-corrected chi connectivity index (χ4v) is 3.96. The molecule has 26 heavy (non-hydrogen) atoms. The van der Waals surface area contributed by atoms with Crippen molar-refractivity contribution in [2.45, 2.75) is 56.4 Å². The molecule has 1 amide bonds. The highest BCUT2D eigenvalue weighted by Gasteiger charge is 2.28. The summed E-state index contributed by atoms with van der Waals surface area (Å²) >= 11 is 0. The van der Waals surface area contributed by atoms with E-state index in [9.17, 15) is 13.2 Å². The third-order valence-corrected chi connectivity index (χ3v) is 6.50. The summed E-state index contributed by atoms with van der Waals surface area (Å²) in [5.74, 6) is 0.0296. The maximum atomic E-state index is 12.2. The van der Waals surface area contributed by atoms with Gasteiger partial charge in [-0.25, -0.2) is 13.1 Å². The van der Waals surface area contributed by atoms with Gasteiger partial charge in [-0.3, -0.25) is 9.69 Å². The lowest BCUT2D eigenvalue weighted by Gasteiger charge is -2.41. The lowest BCUT2D eigenvalue weighted by Crippen LogP contribution is -2.53. The molecular formula is C19H31N3O3S. The van der Waals surface area contributed by atoms with Gasteiger partial charge in [-0.05, 0) is 70.9 Å². The van der Waals surface area contributed by atoms with Crippen LogP contribution in [-0.2, 0) is 21.2 Å². The molecule has 2 N–H and O–H groups in total. The van der Waals surface area contributed by atoms with E-state index in [-0.39, 0.29) is 16.3 Å². The first-order valence-corrected chi connectivity index (χ1v) is 10.8. The number of carbonyl (C=O) groups is 1. The maximum Gasteiger partial charge on any atom is 0.240 e. The van der Waals surface area contributed by atoms with E-state index < -0.39 is 10.0 Å². The Hall–Kier alpha value is -1.44. The molecule has 0 spiro atoms. The molecule has 6 nitrogen and oxygen atoms in total. The first-order valence-electron chi connectivity index (χ1n) is 9.29. The van der Waals surface area contributed by atoms with Gasteiger partial charge in [0, 0.05) is 18.5 Å². The second-order valence-corrected chi connectivity index (χ2v) is 9.37.